The summed E-state index contributed by atoms with van der Waals surface area (Å²) in [5.74, 6) is 1.38. The fourth-order valence-electron chi connectivity index (χ4n) is 4.45. The van der Waals surface area contributed by atoms with Crippen LogP contribution in [0.25, 0.3) is 5.57 Å². The Morgan fingerprint density at radius 1 is 0.791 bits per heavy atom. The second-order valence-electron chi connectivity index (χ2n) is 11.7. The number of benzene rings is 4. The van der Waals surface area contributed by atoms with Crippen molar-refractivity contribution in [3.63, 3.8) is 0 Å². The highest BCUT2D eigenvalue weighted by Crippen LogP contribution is 2.41. The SMILES string of the molecule is C=CC.CC(c1ccccc1)c1ccccc1.CC=C(C)c1cc(C)ccc1C.CNC1(C)CC1C.Cc1ccccc1. The monoisotopic (exact) mass is 575 g/mol. The summed E-state index contributed by atoms with van der Waals surface area (Å²) in [6, 6.07) is 38.0. The van der Waals surface area contributed by atoms with Crippen molar-refractivity contribution in [3.05, 3.63) is 161 Å². The number of allylic oxidation sites excluding steroid dienone is 3. The summed E-state index contributed by atoms with van der Waals surface area (Å²) < 4.78 is 0. The Bertz CT molecular complexity index is 1280. The number of nitrogens with one attached hydrogen (secondary N) is 1. The van der Waals surface area contributed by atoms with Crippen molar-refractivity contribution in [1.82, 2.24) is 5.32 Å². The van der Waals surface area contributed by atoms with E-state index in [9.17, 15) is 0 Å². The molecule has 4 aromatic carbocycles. The molecule has 1 heteroatoms. The minimum absolute atomic E-state index is 0.484. The van der Waals surface area contributed by atoms with Gasteiger partial charge in [0.05, 0.1) is 0 Å². The molecule has 1 fully saturated rings. The van der Waals surface area contributed by atoms with Crippen LogP contribution >= 0.6 is 0 Å². The van der Waals surface area contributed by atoms with Crippen molar-refractivity contribution in [2.24, 2.45) is 5.92 Å². The molecule has 1 aliphatic rings. The van der Waals surface area contributed by atoms with Crippen LogP contribution in [0, 0.1) is 26.7 Å². The van der Waals surface area contributed by atoms with Gasteiger partial charge in [-0.15, -0.1) is 6.58 Å². The molecule has 2 unspecified atom stereocenters. The Morgan fingerprint density at radius 2 is 1.21 bits per heavy atom. The second-order valence-corrected chi connectivity index (χ2v) is 11.7. The van der Waals surface area contributed by atoms with Gasteiger partial charge in [-0.3, -0.25) is 0 Å². The molecule has 0 amide bonds. The van der Waals surface area contributed by atoms with Crippen molar-refractivity contribution in [2.75, 3.05) is 7.05 Å². The normalized spacial score (nSPS) is 16.4. The highest BCUT2D eigenvalue weighted by atomic mass is 15.0. The Balaban J connectivity index is 0.000000289. The lowest BCUT2D eigenvalue weighted by atomic mass is 9.93. The van der Waals surface area contributed by atoms with Crippen molar-refractivity contribution < 1.29 is 0 Å². The maximum atomic E-state index is 3.36. The summed E-state index contributed by atoms with van der Waals surface area (Å²) in [6.07, 6.45) is 5.26. The molecule has 1 saturated carbocycles. The fourth-order valence-corrected chi connectivity index (χ4v) is 4.45. The predicted octanol–water partition coefficient (Wildman–Crippen LogP) is 11.8. The van der Waals surface area contributed by atoms with Crippen LogP contribution < -0.4 is 5.32 Å². The van der Waals surface area contributed by atoms with Gasteiger partial charge in [0.15, 0.2) is 0 Å². The maximum absolute atomic E-state index is 3.36. The molecule has 1 N–H and O–H groups in total. The van der Waals surface area contributed by atoms with Gasteiger partial charge in [0.2, 0.25) is 0 Å². The van der Waals surface area contributed by atoms with Gasteiger partial charge in [0, 0.05) is 11.5 Å². The Kier molecular flexibility index (Phi) is 17.6. The van der Waals surface area contributed by atoms with Crippen LogP contribution in [-0.2, 0) is 0 Å². The van der Waals surface area contributed by atoms with Gasteiger partial charge in [-0.05, 0) is 95.7 Å². The molecular weight excluding hydrogens is 518 g/mol. The minimum Gasteiger partial charge on any atom is -0.314 e. The fraction of sp³-hybridized carbons (Fsp3) is 0.333. The predicted molar refractivity (Wildman–Crippen MR) is 194 cm³/mol. The topological polar surface area (TPSA) is 12.0 Å². The zero-order valence-electron chi connectivity index (χ0n) is 28.6. The summed E-state index contributed by atoms with van der Waals surface area (Å²) in [4.78, 5) is 0. The molecule has 0 heterocycles. The van der Waals surface area contributed by atoms with Gasteiger partial charge >= 0.3 is 0 Å². The maximum Gasteiger partial charge on any atom is 0.0179 e. The highest BCUT2D eigenvalue weighted by molar-refractivity contribution is 5.66. The lowest BCUT2D eigenvalue weighted by Gasteiger charge is -2.11. The van der Waals surface area contributed by atoms with Crippen LogP contribution in [-0.4, -0.2) is 12.6 Å². The van der Waals surface area contributed by atoms with E-state index in [1.807, 2.05) is 32.2 Å². The van der Waals surface area contributed by atoms with Gasteiger partial charge in [-0.2, -0.15) is 0 Å². The lowest BCUT2D eigenvalue weighted by Crippen LogP contribution is -2.24. The Hall–Kier alpha value is -3.68. The van der Waals surface area contributed by atoms with E-state index in [2.05, 4.69) is 164 Å². The zero-order chi connectivity index (χ0) is 32.3. The molecule has 43 heavy (non-hydrogen) atoms. The van der Waals surface area contributed by atoms with E-state index < -0.39 is 0 Å². The minimum atomic E-state index is 0.484. The average molecular weight is 576 g/mol. The van der Waals surface area contributed by atoms with Crippen LogP contribution in [0.3, 0.4) is 0 Å². The van der Waals surface area contributed by atoms with Gasteiger partial charge in [0.25, 0.3) is 0 Å². The molecule has 5 rings (SSSR count). The zero-order valence-corrected chi connectivity index (χ0v) is 28.6. The van der Waals surface area contributed by atoms with E-state index in [1.165, 1.54) is 45.4 Å². The molecule has 0 bridgehead atoms. The van der Waals surface area contributed by atoms with Crippen LogP contribution in [0.2, 0.25) is 0 Å². The van der Waals surface area contributed by atoms with Crippen LogP contribution in [0.1, 0.15) is 87.3 Å². The first-order valence-electron chi connectivity index (χ1n) is 15.6. The lowest BCUT2D eigenvalue weighted by molar-refractivity contribution is 0.560. The molecule has 1 nitrogen and oxygen atoms in total. The van der Waals surface area contributed by atoms with Crippen molar-refractivity contribution in [3.8, 4) is 0 Å². The van der Waals surface area contributed by atoms with Gasteiger partial charge in [-0.25, -0.2) is 0 Å². The first-order chi connectivity index (χ1) is 20.5. The average Bonchev–Trinajstić information content (AvgIpc) is 3.66. The summed E-state index contributed by atoms with van der Waals surface area (Å²) in [6.45, 7) is 22.6. The number of hydrogen-bond donors (Lipinski definition) is 1. The number of rotatable bonds is 4. The second kappa shape index (κ2) is 20.3. The van der Waals surface area contributed by atoms with Crippen molar-refractivity contribution >= 4 is 5.57 Å². The van der Waals surface area contributed by atoms with Gasteiger partial charge in [-0.1, -0.05) is 146 Å². The summed E-state index contributed by atoms with van der Waals surface area (Å²) >= 11 is 0. The quantitative estimate of drug-likeness (QED) is 0.239. The Labute approximate surface area is 264 Å². The largest absolute Gasteiger partial charge is 0.314 e. The third kappa shape index (κ3) is 14.4. The first kappa shape index (κ1) is 37.3. The van der Waals surface area contributed by atoms with Crippen LogP contribution in [0.5, 0.6) is 0 Å². The molecular formula is C42H57N. The third-order valence-electron chi connectivity index (χ3n) is 8.02. The third-order valence-corrected chi connectivity index (χ3v) is 8.02. The van der Waals surface area contributed by atoms with E-state index >= 15 is 0 Å². The standard InChI is InChI=1S/C14H14.C12H16.C7H8.C6H13N.C3H6/c1-12(13-8-4-2-5-9-13)14-10-6-3-7-11-14;1-5-10(3)12-8-9(2)6-7-11(12)4;1-7-5-3-2-4-6-7;1-5-4-6(5,2)7-3;1-3-2/h2-12H,1H3;5-8H,1-4H3;2-6H,1H3;5,7H,4H2,1-3H3;3H,1H2,2H3. The summed E-state index contributed by atoms with van der Waals surface area (Å²) in [7, 11) is 2.03. The van der Waals surface area contributed by atoms with Crippen molar-refractivity contribution in [1.29, 1.82) is 0 Å². The van der Waals surface area contributed by atoms with Gasteiger partial charge in [0.1, 0.15) is 0 Å². The molecule has 4 aromatic rings. The van der Waals surface area contributed by atoms with Gasteiger partial charge < -0.3 is 5.32 Å². The number of aryl methyl sites for hydroxylation is 3. The molecule has 0 aromatic heterocycles. The molecule has 1 aliphatic carbocycles. The summed E-state index contributed by atoms with van der Waals surface area (Å²) in [5.41, 5.74) is 9.99. The van der Waals surface area contributed by atoms with Crippen LogP contribution in [0.15, 0.2) is 128 Å². The molecule has 2 atom stereocenters. The van der Waals surface area contributed by atoms with E-state index in [1.54, 1.807) is 6.08 Å². The smallest absolute Gasteiger partial charge is 0.0179 e. The number of hydrogen-bond acceptors (Lipinski definition) is 1. The first-order valence-corrected chi connectivity index (χ1v) is 15.6. The Morgan fingerprint density at radius 3 is 1.51 bits per heavy atom. The molecule has 0 spiro atoms. The van der Waals surface area contributed by atoms with E-state index in [0.717, 1.165) is 5.92 Å². The van der Waals surface area contributed by atoms with Crippen molar-refractivity contribution in [2.45, 2.75) is 80.2 Å². The highest BCUT2D eigenvalue weighted by Gasteiger charge is 2.44. The molecule has 0 radical (unpaired) electrons. The molecule has 230 valence electrons. The van der Waals surface area contributed by atoms with E-state index in [4.69, 9.17) is 0 Å². The van der Waals surface area contributed by atoms with E-state index in [0.29, 0.717) is 11.5 Å². The van der Waals surface area contributed by atoms with E-state index in [-0.39, 0.29) is 0 Å². The molecule has 0 saturated heterocycles. The summed E-state index contributed by atoms with van der Waals surface area (Å²) in [5, 5.41) is 3.27. The molecule has 0 aliphatic heterocycles. The van der Waals surface area contributed by atoms with Crippen LogP contribution in [0.4, 0.5) is 0 Å².